The van der Waals surface area contributed by atoms with Gasteiger partial charge in [0.15, 0.2) is 0 Å². The second-order valence-corrected chi connectivity index (χ2v) is 15.6. The second-order valence-electron chi connectivity index (χ2n) is 13.3. The molecule has 0 heterocycles. The molecular weight excluding hydrogens is 641 g/mol. The fourth-order valence-corrected chi connectivity index (χ4v) is 9.94. The predicted molar refractivity (Wildman–Crippen MR) is 215 cm³/mol. The van der Waals surface area contributed by atoms with Crippen molar-refractivity contribution in [2.24, 2.45) is 4.99 Å². The molecule has 0 unspecified atom stereocenters. The molecule has 0 aliphatic carbocycles. The Morgan fingerprint density at radius 2 is 1.24 bits per heavy atom. The van der Waals surface area contributed by atoms with Gasteiger partial charge in [-0.15, -0.1) is 0 Å². The molecule has 0 radical (unpaired) electrons. The van der Waals surface area contributed by atoms with Crippen LogP contribution in [0.25, 0.3) is 15.7 Å². The summed E-state index contributed by atoms with van der Waals surface area (Å²) in [6, 6.07) is 20.8. The van der Waals surface area contributed by atoms with E-state index >= 15 is 0 Å². The molecule has 0 spiro atoms. The van der Waals surface area contributed by atoms with E-state index in [2.05, 4.69) is 139 Å². The van der Waals surface area contributed by atoms with E-state index in [0.29, 0.717) is 0 Å². The van der Waals surface area contributed by atoms with Crippen LogP contribution in [0.2, 0.25) is 0 Å². The molecule has 3 aromatic carbocycles. The third kappa shape index (κ3) is 10.7. The second kappa shape index (κ2) is 21.0. The van der Waals surface area contributed by atoms with Gasteiger partial charge in [-0.3, -0.25) is 0 Å². The molecule has 0 aliphatic rings. The van der Waals surface area contributed by atoms with Crippen LogP contribution in [0.15, 0.2) is 65.2 Å². The molecule has 0 bridgehead atoms. The van der Waals surface area contributed by atoms with Crippen molar-refractivity contribution in [1.82, 2.24) is 7.96 Å². The van der Waals surface area contributed by atoms with E-state index < -0.39 is 13.8 Å². The number of allylic oxidation sites excluding steroid dienone is 1. The zero-order chi connectivity index (χ0) is 35.9. The molecule has 0 atom stereocenters. The first-order valence-electron chi connectivity index (χ1n) is 19.4. The summed E-state index contributed by atoms with van der Waals surface area (Å²) in [5.41, 5.74) is 14.8. The van der Waals surface area contributed by atoms with Gasteiger partial charge in [0.25, 0.3) is 0 Å². The molecule has 273 valence electrons. The zero-order valence-corrected chi connectivity index (χ0v) is 34.0. The summed E-state index contributed by atoms with van der Waals surface area (Å²) in [6.45, 7) is 29.5. The summed E-state index contributed by atoms with van der Waals surface area (Å²) >= 11 is -0.433. The average molecular weight is 710 g/mol. The SMILES string of the molecule is CCCCCCc1cc(N=C(C)C(CC)=[C](c2cc(CCCC)c(C)c(-c3ccccc3)c2)[Ni]([N](CC)CC)[N](CC)CC)cc(C)c1C. The molecule has 49 heavy (non-hydrogen) atoms. The van der Waals surface area contributed by atoms with Crippen LogP contribution in [0.4, 0.5) is 5.69 Å². The van der Waals surface area contributed by atoms with Gasteiger partial charge < -0.3 is 0 Å². The fourth-order valence-electron chi connectivity index (χ4n) is 6.72. The van der Waals surface area contributed by atoms with E-state index in [0.717, 1.165) is 56.8 Å². The minimum atomic E-state index is -0.433. The number of aryl methyl sites for hydroxylation is 3. The fraction of sp³-hybridized carbons (Fsp3) is 0.533. The van der Waals surface area contributed by atoms with Gasteiger partial charge in [-0.25, -0.2) is 0 Å². The van der Waals surface area contributed by atoms with Crippen molar-refractivity contribution in [2.45, 2.75) is 134 Å². The predicted octanol–water partition coefficient (Wildman–Crippen LogP) is 12.8. The zero-order valence-electron chi connectivity index (χ0n) is 33.0. The molecule has 4 heteroatoms. The number of rotatable bonds is 20. The summed E-state index contributed by atoms with van der Waals surface area (Å²) in [4.78, 5) is 5.49. The summed E-state index contributed by atoms with van der Waals surface area (Å²) in [6.07, 6.45) is 10.7. The Labute approximate surface area is 306 Å². The van der Waals surface area contributed by atoms with Crippen LogP contribution in [0.3, 0.4) is 0 Å². The number of hydrogen-bond donors (Lipinski definition) is 0. The number of unbranched alkanes of at least 4 members (excludes halogenated alkanes) is 4. The number of hydrogen-bond acceptors (Lipinski definition) is 3. The summed E-state index contributed by atoms with van der Waals surface area (Å²) in [5.74, 6) is 0. The maximum absolute atomic E-state index is 5.49. The van der Waals surface area contributed by atoms with Crippen LogP contribution in [0.1, 0.15) is 134 Å². The number of nitrogens with zero attached hydrogens (tertiary/aromatic N) is 3. The van der Waals surface area contributed by atoms with Gasteiger partial charge in [0, 0.05) is 0 Å². The maximum atomic E-state index is 5.49. The van der Waals surface area contributed by atoms with Gasteiger partial charge in [0.2, 0.25) is 0 Å². The van der Waals surface area contributed by atoms with Gasteiger partial charge in [-0.2, -0.15) is 0 Å². The monoisotopic (exact) mass is 708 g/mol. The van der Waals surface area contributed by atoms with E-state index in [1.807, 2.05) is 0 Å². The molecule has 0 amide bonds. The molecule has 0 aromatic heterocycles. The van der Waals surface area contributed by atoms with Gasteiger partial charge in [0.05, 0.1) is 0 Å². The summed E-state index contributed by atoms with van der Waals surface area (Å²) in [5, 5.41) is 0. The molecule has 0 saturated heterocycles. The van der Waals surface area contributed by atoms with E-state index in [-0.39, 0.29) is 0 Å². The Morgan fingerprint density at radius 3 is 1.82 bits per heavy atom. The number of aliphatic imine (C=N–C) groups is 1. The summed E-state index contributed by atoms with van der Waals surface area (Å²) < 4.78 is 6.86. The van der Waals surface area contributed by atoms with Crippen LogP contribution in [-0.4, -0.2) is 39.9 Å². The summed E-state index contributed by atoms with van der Waals surface area (Å²) in [7, 11) is 0. The van der Waals surface area contributed by atoms with Crippen molar-refractivity contribution in [3.05, 3.63) is 93.6 Å². The van der Waals surface area contributed by atoms with Crippen LogP contribution in [0, 0.1) is 20.8 Å². The van der Waals surface area contributed by atoms with Crippen LogP contribution < -0.4 is 0 Å². The average Bonchev–Trinajstić information content (AvgIpc) is 3.11. The molecule has 3 aromatic rings. The van der Waals surface area contributed by atoms with Crippen molar-refractivity contribution in [1.29, 1.82) is 0 Å². The van der Waals surface area contributed by atoms with E-state index in [1.54, 1.807) is 0 Å². The molecule has 3 nitrogen and oxygen atoms in total. The van der Waals surface area contributed by atoms with Gasteiger partial charge in [-0.05, 0) is 0 Å². The first-order chi connectivity index (χ1) is 23.7. The Hall–Kier alpha value is -2.52. The van der Waals surface area contributed by atoms with Crippen molar-refractivity contribution in [2.75, 3.05) is 26.2 Å². The molecule has 0 aliphatic heterocycles. The Balaban J connectivity index is 2.40. The molecular formula is C45H68N3Ni. The standard InChI is InChI=1S/C37H48N.2C4H10N.Ni/c1-8-11-13-15-21-35-26-36(22-27(4)28(35)5)38-30(7)32(10-3)23-31-24-34(18-12-9-2)29(6)37(25-31)33-19-16-14-17-20-33;2*1-3-5-4-2;/h14,16-17,19-20,22,24-26H,8-13,15,18,21H2,1-7H3;2*3-4H2,1-2H3;/q;2*-1;+2. The van der Waals surface area contributed by atoms with E-state index in [4.69, 9.17) is 4.99 Å². The van der Waals surface area contributed by atoms with Crippen LogP contribution >= 0.6 is 0 Å². The van der Waals surface area contributed by atoms with Crippen molar-refractivity contribution < 1.29 is 13.8 Å². The van der Waals surface area contributed by atoms with Gasteiger partial charge >= 0.3 is 301 Å². The first-order valence-corrected chi connectivity index (χ1v) is 20.8. The number of benzene rings is 3. The molecule has 0 N–H and O–H groups in total. The minimum absolute atomic E-state index is 0.433. The first kappa shape index (κ1) is 40.9. The van der Waals surface area contributed by atoms with Crippen molar-refractivity contribution in [3.63, 3.8) is 0 Å². The molecule has 0 saturated carbocycles. The molecule has 3 rings (SSSR count). The van der Waals surface area contributed by atoms with Gasteiger partial charge in [-0.1, -0.05) is 6.92 Å². The van der Waals surface area contributed by atoms with Crippen molar-refractivity contribution >= 4 is 15.9 Å². The molecule has 0 fully saturated rings. The quantitative estimate of drug-likeness (QED) is 0.0661. The topological polar surface area (TPSA) is 18.8 Å². The normalized spacial score (nSPS) is 13.0. The Morgan fingerprint density at radius 1 is 0.653 bits per heavy atom. The van der Waals surface area contributed by atoms with Crippen LogP contribution in [-0.2, 0) is 26.7 Å². The van der Waals surface area contributed by atoms with Gasteiger partial charge in [0.1, 0.15) is 0 Å². The van der Waals surface area contributed by atoms with E-state index in [1.165, 1.54) is 93.1 Å². The Bertz CT molecular complexity index is 1500. The third-order valence-corrected chi connectivity index (χ3v) is 13.3. The van der Waals surface area contributed by atoms with Crippen LogP contribution in [0.5, 0.6) is 0 Å². The third-order valence-electron chi connectivity index (χ3n) is 9.84. The van der Waals surface area contributed by atoms with Crippen molar-refractivity contribution in [3.8, 4) is 11.1 Å². The van der Waals surface area contributed by atoms with E-state index in [9.17, 15) is 0 Å². The Kier molecular flexibility index (Phi) is 17.5.